The third-order valence-corrected chi connectivity index (χ3v) is 7.01. The van der Waals surface area contributed by atoms with Crippen molar-refractivity contribution in [2.45, 2.75) is 38.9 Å². The molecular formula is C28H33ClN2O4. The zero-order chi connectivity index (χ0) is 24.4. The van der Waals surface area contributed by atoms with E-state index in [0.717, 1.165) is 5.56 Å². The number of carbonyl (C=O) groups excluding carboxylic acids is 2. The first-order valence-electron chi connectivity index (χ1n) is 11.7. The highest BCUT2D eigenvalue weighted by Gasteiger charge is 2.36. The molecule has 4 rings (SSSR count). The average molecular weight is 497 g/mol. The molecule has 0 radical (unpaired) electrons. The molecule has 6 nitrogen and oxygen atoms in total. The average Bonchev–Trinajstić information content (AvgIpc) is 2.99. The van der Waals surface area contributed by atoms with Crippen LogP contribution in [0.3, 0.4) is 0 Å². The van der Waals surface area contributed by atoms with Crippen molar-refractivity contribution in [2.75, 3.05) is 27.8 Å². The molecule has 1 aliphatic heterocycles. The molecular weight excluding hydrogens is 464 g/mol. The van der Waals surface area contributed by atoms with Crippen LogP contribution in [0.2, 0.25) is 0 Å². The highest BCUT2D eigenvalue weighted by molar-refractivity contribution is 6.43. The van der Waals surface area contributed by atoms with Crippen molar-refractivity contribution in [3.8, 4) is 11.5 Å². The summed E-state index contributed by atoms with van der Waals surface area (Å²) in [4.78, 5) is 30.6. The Morgan fingerprint density at radius 1 is 1.00 bits per heavy atom. The zero-order valence-electron chi connectivity index (χ0n) is 20.9. The summed E-state index contributed by atoms with van der Waals surface area (Å²) in [5, 5.41) is 2.39. The summed E-state index contributed by atoms with van der Waals surface area (Å²) in [5.41, 5.74) is 2.40. The molecule has 186 valence electrons. The van der Waals surface area contributed by atoms with Gasteiger partial charge in [-0.25, -0.2) is 0 Å². The van der Waals surface area contributed by atoms with Crippen LogP contribution in [0, 0.1) is 0 Å². The van der Waals surface area contributed by atoms with Gasteiger partial charge in [-0.2, -0.15) is 0 Å². The van der Waals surface area contributed by atoms with E-state index in [1.54, 1.807) is 18.1 Å². The Hall–Kier alpha value is -3.09. The van der Waals surface area contributed by atoms with Crippen LogP contribution in [0.15, 0.2) is 54.6 Å². The second-order valence-electron chi connectivity index (χ2n) is 8.74. The quantitative estimate of drug-likeness (QED) is 0.417. The van der Waals surface area contributed by atoms with Gasteiger partial charge in [0.1, 0.15) is 0 Å². The summed E-state index contributed by atoms with van der Waals surface area (Å²) >= 11 is 0. The maximum atomic E-state index is 13.4. The Bertz CT molecular complexity index is 1220. The second-order valence-corrected chi connectivity index (χ2v) is 8.74. The molecule has 3 aromatic carbocycles. The fraction of sp³-hybridized carbons (Fsp3) is 0.357. The number of carbonyl (C=O) groups is 2. The fourth-order valence-electron chi connectivity index (χ4n) is 5.03. The second kappa shape index (κ2) is 11.1. The summed E-state index contributed by atoms with van der Waals surface area (Å²) < 4.78 is 10.8. The number of amides is 1. The number of Topliss-reactive ketones (excluding diaryl/α,β-unsaturated/α-hetero) is 1. The Morgan fingerprint density at radius 2 is 1.66 bits per heavy atom. The third kappa shape index (κ3) is 4.86. The minimum atomic E-state index is -0.502. The summed E-state index contributed by atoms with van der Waals surface area (Å²) in [6.45, 7) is 4.66. The van der Waals surface area contributed by atoms with E-state index in [0.29, 0.717) is 36.4 Å². The minimum Gasteiger partial charge on any atom is -0.493 e. The van der Waals surface area contributed by atoms with Crippen LogP contribution in [0.4, 0.5) is 0 Å². The number of hydrogen-bond donors (Lipinski definition) is 0. The van der Waals surface area contributed by atoms with Crippen molar-refractivity contribution >= 4 is 34.9 Å². The summed E-state index contributed by atoms with van der Waals surface area (Å²) in [5.74, 6) is 0.0289. The van der Waals surface area contributed by atoms with E-state index >= 15 is 0 Å². The predicted molar refractivity (Wildman–Crippen MR) is 141 cm³/mol. The van der Waals surface area contributed by atoms with Crippen molar-refractivity contribution in [1.29, 1.82) is 0 Å². The van der Waals surface area contributed by atoms with Crippen LogP contribution < -0.4 is 9.47 Å². The molecule has 0 bridgehead atoms. The van der Waals surface area contributed by atoms with Gasteiger partial charge in [0.15, 0.2) is 11.5 Å². The molecule has 2 unspecified atom stereocenters. The molecule has 0 saturated carbocycles. The van der Waals surface area contributed by atoms with Crippen molar-refractivity contribution in [2.24, 2.45) is 0 Å². The Kier molecular flexibility index (Phi) is 8.41. The van der Waals surface area contributed by atoms with Gasteiger partial charge >= 0.3 is 0 Å². The van der Waals surface area contributed by atoms with E-state index in [4.69, 9.17) is 9.47 Å². The summed E-state index contributed by atoms with van der Waals surface area (Å²) in [7, 11) is 5.12. The Morgan fingerprint density at radius 3 is 2.34 bits per heavy atom. The van der Waals surface area contributed by atoms with Crippen molar-refractivity contribution in [3.63, 3.8) is 0 Å². The monoisotopic (exact) mass is 496 g/mol. The topological polar surface area (TPSA) is 59.1 Å². The molecule has 1 aliphatic rings. The van der Waals surface area contributed by atoms with Crippen LogP contribution in [0.5, 0.6) is 11.5 Å². The first-order valence-corrected chi connectivity index (χ1v) is 11.7. The van der Waals surface area contributed by atoms with Gasteiger partial charge < -0.3 is 14.4 Å². The molecule has 3 aromatic rings. The molecule has 0 aliphatic carbocycles. The van der Waals surface area contributed by atoms with Gasteiger partial charge in [0.25, 0.3) is 11.7 Å². The Balaban J connectivity index is 0.00000342. The van der Waals surface area contributed by atoms with E-state index in [1.807, 2.05) is 25.2 Å². The van der Waals surface area contributed by atoms with Gasteiger partial charge in [-0.3, -0.25) is 14.5 Å². The highest BCUT2D eigenvalue weighted by Crippen LogP contribution is 2.34. The van der Waals surface area contributed by atoms with E-state index in [9.17, 15) is 9.59 Å². The molecule has 1 amide bonds. The number of ether oxygens (including phenoxy) is 2. The fourth-order valence-corrected chi connectivity index (χ4v) is 5.03. The van der Waals surface area contributed by atoms with Crippen molar-refractivity contribution in [1.82, 2.24) is 9.80 Å². The van der Waals surface area contributed by atoms with Crippen LogP contribution >= 0.6 is 12.4 Å². The smallest absolute Gasteiger partial charge is 0.296 e. The molecule has 0 N–H and O–H groups in total. The maximum absolute atomic E-state index is 13.4. The zero-order valence-corrected chi connectivity index (χ0v) is 21.7. The lowest BCUT2D eigenvalue weighted by atomic mass is 9.98. The van der Waals surface area contributed by atoms with E-state index in [1.165, 1.54) is 23.4 Å². The maximum Gasteiger partial charge on any atom is 0.296 e. The highest BCUT2D eigenvalue weighted by atomic mass is 35.5. The van der Waals surface area contributed by atoms with Gasteiger partial charge in [-0.1, -0.05) is 49.4 Å². The van der Waals surface area contributed by atoms with Crippen molar-refractivity contribution < 1.29 is 19.1 Å². The van der Waals surface area contributed by atoms with E-state index in [-0.39, 0.29) is 24.6 Å². The molecule has 0 fully saturated rings. The normalized spacial score (nSPS) is 15.3. The summed E-state index contributed by atoms with van der Waals surface area (Å²) in [6, 6.07) is 18.1. The number of methoxy groups -OCH3 is 2. The van der Waals surface area contributed by atoms with Gasteiger partial charge in [0, 0.05) is 18.2 Å². The number of fused-ring (bicyclic) bond motifs is 2. The lowest BCUT2D eigenvalue weighted by Gasteiger charge is -2.40. The third-order valence-electron chi connectivity index (χ3n) is 7.01. The lowest BCUT2D eigenvalue weighted by molar-refractivity contribution is -0.133. The van der Waals surface area contributed by atoms with Crippen LogP contribution in [-0.4, -0.2) is 55.5 Å². The van der Waals surface area contributed by atoms with Crippen molar-refractivity contribution in [3.05, 3.63) is 71.3 Å². The standard InChI is InChI=1S/C28H32N2O4.ClH/c1-6-26(29(3)18(2)21-13-9-11-19-10-7-8-12-22(19)21)30-15-14-20-16-24(33-4)25(34-5)17-23(20)27(31)28(30)32;/h7-13,16-18,26H,6,14-15H2,1-5H3;1H. The molecule has 1 heterocycles. The molecule has 7 heteroatoms. The number of ketones is 1. The first-order chi connectivity index (χ1) is 16.4. The molecule has 0 saturated heterocycles. The van der Waals surface area contributed by atoms with Gasteiger partial charge in [0.05, 0.1) is 20.4 Å². The predicted octanol–water partition coefficient (Wildman–Crippen LogP) is 5.28. The first kappa shape index (κ1) is 26.5. The SMILES string of the molecule is CCC(N1CCc2cc(OC)c(OC)cc2C(=O)C1=O)N(C)C(C)c1cccc2ccccc12.Cl. The Labute approximate surface area is 213 Å². The minimum absolute atomic E-state index is 0. The summed E-state index contributed by atoms with van der Waals surface area (Å²) in [6.07, 6.45) is 1.05. The number of hydrogen-bond acceptors (Lipinski definition) is 5. The van der Waals surface area contributed by atoms with Gasteiger partial charge in [0.2, 0.25) is 0 Å². The lowest BCUT2D eigenvalue weighted by Crippen LogP contribution is -2.51. The van der Waals surface area contributed by atoms with Crippen LogP contribution in [-0.2, 0) is 11.2 Å². The largest absolute Gasteiger partial charge is 0.493 e. The number of benzene rings is 3. The van der Waals surface area contributed by atoms with Gasteiger partial charge in [-0.15, -0.1) is 12.4 Å². The molecule has 0 spiro atoms. The van der Waals surface area contributed by atoms with E-state index < -0.39 is 11.7 Å². The number of rotatable bonds is 7. The molecule has 35 heavy (non-hydrogen) atoms. The molecule has 0 aromatic heterocycles. The van der Waals surface area contributed by atoms with Crippen LogP contribution in [0.25, 0.3) is 10.8 Å². The van der Waals surface area contributed by atoms with Crippen LogP contribution in [0.1, 0.15) is 47.8 Å². The number of halogens is 1. The van der Waals surface area contributed by atoms with E-state index in [2.05, 4.69) is 49.1 Å². The molecule has 2 atom stereocenters. The number of nitrogens with zero attached hydrogens (tertiary/aromatic N) is 2. The van der Waals surface area contributed by atoms with Gasteiger partial charge in [-0.05, 0) is 60.8 Å².